The maximum atomic E-state index is 11.7. The van der Waals surface area contributed by atoms with Crippen molar-refractivity contribution in [3.8, 4) is 0 Å². The Bertz CT molecular complexity index is 646. The fourth-order valence-electron chi connectivity index (χ4n) is 2.11. The third kappa shape index (κ3) is 1.28. The van der Waals surface area contributed by atoms with Crippen molar-refractivity contribution in [2.75, 3.05) is 0 Å². The molecule has 3 aromatic rings. The Kier molecular flexibility index (Phi) is 2.21. The van der Waals surface area contributed by atoms with Gasteiger partial charge in [-0.05, 0) is 12.1 Å². The van der Waals surface area contributed by atoms with Crippen LogP contribution in [0.5, 0.6) is 0 Å². The molecule has 0 unspecified atom stereocenters. The number of rotatable bonds is 0. The van der Waals surface area contributed by atoms with Crippen LogP contribution in [0.15, 0.2) is 48.5 Å². The zero-order chi connectivity index (χ0) is 11.1. The lowest BCUT2D eigenvalue weighted by atomic mass is 10.2. The fourth-order valence-corrected chi connectivity index (χ4v) is 2.63. The predicted molar refractivity (Wildman–Crippen MR) is 74.3 cm³/mol. The van der Waals surface area contributed by atoms with Crippen LogP contribution < -0.4 is 0 Å². The van der Waals surface area contributed by atoms with E-state index in [0.717, 1.165) is 21.8 Å². The summed E-state index contributed by atoms with van der Waals surface area (Å²) in [6.07, 6.45) is 0. The van der Waals surface area contributed by atoms with Crippen LogP contribution in [0.25, 0.3) is 21.8 Å². The lowest BCUT2D eigenvalue weighted by Crippen LogP contribution is -1.99. The highest BCUT2D eigenvalue weighted by Gasteiger charge is 2.12. The second kappa shape index (κ2) is 3.59. The van der Waals surface area contributed by atoms with Gasteiger partial charge in [0, 0.05) is 33.4 Å². The topological polar surface area (TPSA) is 22.0 Å². The van der Waals surface area contributed by atoms with Gasteiger partial charge in [-0.3, -0.25) is 9.36 Å². The Morgan fingerprint density at radius 2 is 1.31 bits per heavy atom. The first-order chi connectivity index (χ1) is 7.79. The average molecular weight is 321 g/mol. The molecule has 3 heteroatoms. The second-order valence-electron chi connectivity index (χ2n) is 3.62. The highest BCUT2D eigenvalue weighted by Crippen LogP contribution is 2.29. The van der Waals surface area contributed by atoms with E-state index in [-0.39, 0.29) is 3.91 Å². The van der Waals surface area contributed by atoms with Crippen molar-refractivity contribution in [3.63, 3.8) is 0 Å². The van der Waals surface area contributed by atoms with Crippen molar-refractivity contribution < 1.29 is 4.79 Å². The van der Waals surface area contributed by atoms with Crippen molar-refractivity contribution >= 4 is 48.3 Å². The monoisotopic (exact) mass is 321 g/mol. The van der Waals surface area contributed by atoms with E-state index in [2.05, 4.69) is 0 Å². The van der Waals surface area contributed by atoms with Crippen LogP contribution in [0.2, 0.25) is 0 Å². The highest BCUT2D eigenvalue weighted by atomic mass is 127. The molecule has 78 valence electrons. The van der Waals surface area contributed by atoms with Crippen molar-refractivity contribution in [2.45, 2.75) is 0 Å². The van der Waals surface area contributed by atoms with Crippen LogP contribution in [0.3, 0.4) is 0 Å². The summed E-state index contributed by atoms with van der Waals surface area (Å²) in [5.74, 6) is 0. The molecule has 0 aliphatic heterocycles. The molecule has 2 nitrogen and oxygen atoms in total. The Morgan fingerprint density at radius 1 is 0.875 bits per heavy atom. The van der Waals surface area contributed by atoms with Crippen LogP contribution in [0, 0.1) is 0 Å². The number of hydrogen-bond donors (Lipinski definition) is 0. The Morgan fingerprint density at radius 3 is 1.75 bits per heavy atom. The number of carbonyl (C=O) groups is 1. The summed E-state index contributed by atoms with van der Waals surface area (Å²) < 4.78 is 1.78. The SMILES string of the molecule is O=C(I)n1c2ccccc2c2ccccc21. The molecule has 0 spiro atoms. The van der Waals surface area contributed by atoms with Gasteiger partial charge in [0.05, 0.1) is 11.0 Å². The molecule has 0 N–H and O–H groups in total. The summed E-state index contributed by atoms with van der Waals surface area (Å²) >= 11 is 1.83. The molecule has 0 saturated carbocycles. The zero-order valence-electron chi connectivity index (χ0n) is 8.35. The molecule has 0 amide bonds. The van der Waals surface area contributed by atoms with Gasteiger partial charge in [0.1, 0.15) is 0 Å². The van der Waals surface area contributed by atoms with Crippen molar-refractivity contribution in [1.82, 2.24) is 4.57 Å². The van der Waals surface area contributed by atoms with Gasteiger partial charge in [0.15, 0.2) is 0 Å². The summed E-state index contributed by atoms with van der Waals surface area (Å²) in [7, 11) is 0. The third-order valence-corrected chi connectivity index (χ3v) is 3.24. The Balaban J connectivity index is 2.64. The second-order valence-corrected chi connectivity index (χ2v) is 4.55. The minimum atomic E-state index is 0.0231. The molecule has 0 saturated heterocycles. The van der Waals surface area contributed by atoms with E-state index in [1.165, 1.54) is 0 Å². The van der Waals surface area contributed by atoms with E-state index in [1.807, 2.05) is 71.1 Å². The number of halogens is 1. The smallest absolute Gasteiger partial charge is 0.271 e. The number of fused-ring (bicyclic) bond motifs is 3. The number of aromatic nitrogens is 1. The maximum Gasteiger partial charge on any atom is 0.292 e. The molecule has 0 fully saturated rings. The van der Waals surface area contributed by atoms with E-state index in [4.69, 9.17) is 0 Å². The summed E-state index contributed by atoms with van der Waals surface area (Å²) in [6.45, 7) is 0. The Labute approximate surface area is 106 Å². The Hall–Kier alpha value is -1.36. The van der Waals surface area contributed by atoms with Gasteiger partial charge < -0.3 is 0 Å². The summed E-state index contributed by atoms with van der Waals surface area (Å²) in [5, 5.41) is 2.26. The largest absolute Gasteiger partial charge is 0.292 e. The number of para-hydroxylation sites is 2. The van der Waals surface area contributed by atoms with Crippen LogP contribution in [-0.4, -0.2) is 8.48 Å². The van der Waals surface area contributed by atoms with Gasteiger partial charge in [-0.15, -0.1) is 0 Å². The third-order valence-electron chi connectivity index (χ3n) is 2.76. The molecule has 2 aromatic carbocycles. The van der Waals surface area contributed by atoms with Crippen molar-refractivity contribution in [3.05, 3.63) is 48.5 Å². The minimum absolute atomic E-state index is 0.0231. The molecule has 0 atom stereocenters. The van der Waals surface area contributed by atoms with Gasteiger partial charge in [0.2, 0.25) is 0 Å². The van der Waals surface area contributed by atoms with E-state index in [0.29, 0.717) is 0 Å². The highest BCUT2D eigenvalue weighted by molar-refractivity contribution is 14.1. The standard InChI is InChI=1S/C13H8INO/c14-13(16)15-11-7-3-1-5-9(11)10-6-2-4-8-12(10)15/h1-8H. The number of nitrogens with zero attached hydrogens (tertiary/aromatic N) is 1. The summed E-state index contributed by atoms with van der Waals surface area (Å²) in [5.41, 5.74) is 1.95. The first-order valence-corrected chi connectivity index (χ1v) is 6.05. The normalized spacial score (nSPS) is 11.1. The fraction of sp³-hybridized carbons (Fsp3) is 0. The van der Waals surface area contributed by atoms with Crippen molar-refractivity contribution in [1.29, 1.82) is 0 Å². The summed E-state index contributed by atoms with van der Waals surface area (Å²) in [4.78, 5) is 11.7. The molecule has 16 heavy (non-hydrogen) atoms. The molecule has 3 rings (SSSR count). The van der Waals surface area contributed by atoms with Gasteiger partial charge in [0.25, 0.3) is 3.91 Å². The summed E-state index contributed by atoms with van der Waals surface area (Å²) in [6, 6.07) is 16.0. The maximum absolute atomic E-state index is 11.7. The predicted octanol–water partition coefficient (Wildman–Crippen LogP) is 4.20. The van der Waals surface area contributed by atoms with E-state index in [9.17, 15) is 4.79 Å². The minimum Gasteiger partial charge on any atom is -0.271 e. The van der Waals surface area contributed by atoms with E-state index < -0.39 is 0 Å². The van der Waals surface area contributed by atoms with Crippen LogP contribution in [0.1, 0.15) is 0 Å². The first-order valence-electron chi connectivity index (χ1n) is 4.97. The molecule has 0 aliphatic carbocycles. The quantitative estimate of drug-likeness (QED) is 0.449. The molecular weight excluding hydrogens is 313 g/mol. The lowest BCUT2D eigenvalue weighted by molar-refractivity contribution is 0.265. The van der Waals surface area contributed by atoms with Crippen molar-refractivity contribution in [2.24, 2.45) is 0 Å². The van der Waals surface area contributed by atoms with E-state index in [1.54, 1.807) is 4.57 Å². The van der Waals surface area contributed by atoms with Crippen LogP contribution >= 0.6 is 22.6 Å². The van der Waals surface area contributed by atoms with Gasteiger partial charge >= 0.3 is 0 Å². The van der Waals surface area contributed by atoms with Gasteiger partial charge in [-0.2, -0.15) is 0 Å². The molecule has 1 heterocycles. The molecular formula is C13H8INO. The van der Waals surface area contributed by atoms with E-state index >= 15 is 0 Å². The number of hydrogen-bond acceptors (Lipinski definition) is 1. The van der Waals surface area contributed by atoms with Gasteiger partial charge in [-0.25, -0.2) is 0 Å². The number of carbonyl (C=O) groups excluding carboxylic acids is 1. The average Bonchev–Trinajstić information content (AvgIpc) is 2.63. The first kappa shape index (κ1) is 9.84. The molecule has 0 aliphatic rings. The number of benzene rings is 2. The van der Waals surface area contributed by atoms with Crippen LogP contribution in [-0.2, 0) is 0 Å². The zero-order valence-corrected chi connectivity index (χ0v) is 10.5. The van der Waals surface area contributed by atoms with Crippen LogP contribution in [0.4, 0.5) is 4.79 Å². The molecule has 1 aromatic heterocycles. The van der Waals surface area contributed by atoms with Gasteiger partial charge in [-0.1, -0.05) is 36.4 Å². The lowest BCUT2D eigenvalue weighted by Gasteiger charge is -1.98. The molecule has 0 radical (unpaired) electrons. The molecule has 0 bridgehead atoms.